The number of rotatable bonds is 4. The molecule has 53 heavy (non-hydrogen) atoms. The maximum Gasteiger partial charge on any atom is 0.164 e. The summed E-state index contributed by atoms with van der Waals surface area (Å²) in [5.41, 5.74) is 12.9. The lowest BCUT2D eigenvalue weighted by Gasteiger charge is -2.34. The van der Waals surface area contributed by atoms with Crippen LogP contribution in [-0.2, 0) is 5.41 Å². The molecule has 0 spiro atoms. The lowest BCUT2D eigenvalue weighted by molar-refractivity contribution is 0.269. The van der Waals surface area contributed by atoms with Crippen molar-refractivity contribution in [2.75, 3.05) is 0 Å². The van der Waals surface area contributed by atoms with Gasteiger partial charge >= 0.3 is 0 Å². The first-order valence-electron chi connectivity index (χ1n) is 18.3. The van der Waals surface area contributed by atoms with Crippen LogP contribution in [0.3, 0.4) is 0 Å². The van der Waals surface area contributed by atoms with Crippen molar-refractivity contribution >= 4 is 27.4 Å². The molecule has 5 nitrogen and oxygen atoms in total. The molecule has 252 valence electrons. The fraction of sp³-hybridized carbons (Fsp3) is 0.104. The highest BCUT2D eigenvalue weighted by molar-refractivity contribution is 6.12. The van der Waals surface area contributed by atoms with E-state index >= 15 is 0 Å². The SMILES string of the molecule is CC1(C)c2ccccc2-n2c3ccc(C4=CC5c6ccc(-c7nc(-c8ccccc8)nc(-c8ccccc8)n7)cc6OC5C=C4)cc3c3cccc1c32. The minimum absolute atomic E-state index is 0.0665. The minimum atomic E-state index is -0.0828. The highest BCUT2D eigenvalue weighted by atomic mass is 16.5. The summed E-state index contributed by atoms with van der Waals surface area (Å²) in [5, 5.41) is 2.57. The topological polar surface area (TPSA) is 52.8 Å². The molecule has 1 aliphatic carbocycles. The van der Waals surface area contributed by atoms with Crippen molar-refractivity contribution in [3.05, 3.63) is 180 Å². The second-order valence-corrected chi connectivity index (χ2v) is 14.8. The molecule has 4 heterocycles. The first-order chi connectivity index (χ1) is 26.0. The van der Waals surface area contributed by atoms with E-state index in [4.69, 9.17) is 19.7 Å². The molecular weight excluding hydrogens is 649 g/mol. The van der Waals surface area contributed by atoms with Crippen molar-refractivity contribution in [1.29, 1.82) is 0 Å². The van der Waals surface area contributed by atoms with Crippen molar-refractivity contribution in [1.82, 2.24) is 19.5 Å². The Morgan fingerprint density at radius 3 is 2.00 bits per heavy atom. The summed E-state index contributed by atoms with van der Waals surface area (Å²) in [7, 11) is 0. The van der Waals surface area contributed by atoms with Gasteiger partial charge < -0.3 is 9.30 Å². The molecule has 0 N–H and O–H groups in total. The Bertz CT molecular complexity index is 2790. The number of hydrogen-bond donors (Lipinski definition) is 0. The van der Waals surface area contributed by atoms with Gasteiger partial charge in [0.2, 0.25) is 0 Å². The van der Waals surface area contributed by atoms with Gasteiger partial charge in [-0.05, 0) is 52.6 Å². The first kappa shape index (κ1) is 30.1. The predicted octanol–water partition coefficient (Wildman–Crippen LogP) is 11.1. The number of ether oxygens (including phenoxy) is 1. The van der Waals surface area contributed by atoms with E-state index in [1.165, 1.54) is 55.3 Å². The van der Waals surface area contributed by atoms with Gasteiger partial charge in [0.15, 0.2) is 17.5 Å². The number of allylic oxidation sites excluding steroid dienone is 2. The number of para-hydroxylation sites is 2. The number of benzene rings is 6. The highest BCUT2D eigenvalue weighted by Crippen LogP contribution is 2.49. The van der Waals surface area contributed by atoms with Crippen molar-refractivity contribution in [2.24, 2.45) is 0 Å². The van der Waals surface area contributed by atoms with Gasteiger partial charge in [0, 0.05) is 44.4 Å². The maximum atomic E-state index is 6.60. The quantitative estimate of drug-likeness (QED) is 0.185. The number of fused-ring (bicyclic) bond motifs is 8. The van der Waals surface area contributed by atoms with Gasteiger partial charge in [0.25, 0.3) is 0 Å². The van der Waals surface area contributed by atoms with Gasteiger partial charge in [-0.2, -0.15) is 0 Å². The summed E-state index contributed by atoms with van der Waals surface area (Å²) in [5.74, 6) is 2.89. The molecule has 0 saturated carbocycles. The molecule has 0 amide bonds. The molecule has 0 saturated heterocycles. The van der Waals surface area contributed by atoms with Crippen LogP contribution in [0.15, 0.2) is 158 Å². The van der Waals surface area contributed by atoms with Crippen LogP contribution in [0, 0.1) is 0 Å². The summed E-state index contributed by atoms with van der Waals surface area (Å²) in [4.78, 5) is 14.8. The standard InChI is InChI=1S/C48H34N4O/c1-48(2)38-17-9-10-19-41(38)52-40-24-21-31(26-36(40)35-16-11-18-39(48)44(35)52)32-22-25-42-37(27-32)34-23-20-33(28-43(34)53-42)47-50-45(29-12-5-3-6-13-29)49-46(51-47)30-14-7-4-8-15-30/h3-28,37,42H,1-2H3. The lowest BCUT2D eigenvalue weighted by atomic mass is 9.75. The molecule has 0 bridgehead atoms. The molecule has 11 rings (SSSR count). The Balaban J connectivity index is 0.979. The van der Waals surface area contributed by atoms with Crippen molar-refractivity contribution in [3.8, 4) is 45.6 Å². The molecule has 8 aromatic rings. The van der Waals surface area contributed by atoms with Crippen LogP contribution in [0.25, 0.3) is 67.2 Å². The van der Waals surface area contributed by atoms with E-state index < -0.39 is 0 Å². The van der Waals surface area contributed by atoms with E-state index in [2.05, 4.69) is 116 Å². The lowest BCUT2D eigenvalue weighted by Crippen LogP contribution is -2.26. The second kappa shape index (κ2) is 11.2. The molecular formula is C48H34N4O. The van der Waals surface area contributed by atoms with Crippen LogP contribution in [-0.4, -0.2) is 25.6 Å². The zero-order valence-corrected chi connectivity index (χ0v) is 29.4. The van der Waals surface area contributed by atoms with Crippen LogP contribution < -0.4 is 4.74 Å². The van der Waals surface area contributed by atoms with E-state index in [1.807, 2.05) is 60.7 Å². The molecule has 0 fully saturated rings. The Morgan fingerprint density at radius 1 is 0.585 bits per heavy atom. The molecule has 3 aliphatic rings. The summed E-state index contributed by atoms with van der Waals surface area (Å²) < 4.78 is 9.07. The monoisotopic (exact) mass is 682 g/mol. The number of hydrogen-bond acceptors (Lipinski definition) is 4. The van der Waals surface area contributed by atoms with Crippen LogP contribution >= 0.6 is 0 Å². The highest BCUT2D eigenvalue weighted by Gasteiger charge is 2.36. The van der Waals surface area contributed by atoms with E-state index in [9.17, 15) is 0 Å². The smallest absolute Gasteiger partial charge is 0.164 e. The third-order valence-corrected chi connectivity index (χ3v) is 11.4. The van der Waals surface area contributed by atoms with Crippen LogP contribution in [0.5, 0.6) is 5.75 Å². The van der Waals surface area contributed by atoms with Gasteiger partial charge in [0.1, 0.15) is 11.9 Å². The maximum absolute atomic E-state index is 6.60. The summed E-state index contributed by atoms with van der Waals surface area (Å²) in [6.07, 6.45) is 6.74. The Morgan fingerprint density at radius 2 is 1.25 bits per heavy atom. The van der Waals surface area contributed by atoms with Crippen LogP contribution in [0.2, 0.25) is 0 Å². The summed E-state index contributed by atoms with van der Waals surface area (Å²) in [6.45, 7) is 4.69. The second-order valence-electron chi connectivity index (χ2n) is 14.8. The Kier molecular flexibility index (Phi) is 6.36. The molecule has 2 atom stereocenters. The van der Waals surface area contributed by atoms with Gasteiger partial charge in [0.05, 0.1) is 16.7 Å². The molecule has 0 radical (unpaired) electrons. The molecule has 6 aromatic carbocycles. The average molecular weight is 683 g/mol. The average Bonchev–Trinajstić information content (AvgIpc) is 3.75. The van der Waals surface area contributed by atoms with Gasteiger partial charge in [-0.3, -0.25) is 0 Å². The normalized spacial score (nSPS) is 17.6. The third-order valence-electron chi connectivity index (χ3n) is 11.4. The van der Waals surface area contributed by atoms with Crippen LogP contribution in [0.1, 0.15) is 42.0 Å². The van der Waals surface area contributed by atoms with Gasteiger partial charge in [-0.25, -0.2) is 15.0 Å². The molecule has 2 unspecified atom stereocenters. The van der Waals surface area contributed by atoms with E-state index in [-0.39, 0.29) is 17.4 Å². The van der Waals surface area contributed by atoms with Crippen LogP contribution in [0.4, 0.5) is 0 Å². The minimum Gasteiger partial charge on any atom is -0.485 e. The summed E-state index contributed by atoms with van der Waals surface area (Å²) >= 11 is 0. The fourth-order valence-electron chi connectivity index (χ4n) is 8.71. The van der Waals surface area contributed by atoms with E-state index in [0.717, 1.165) is 22.4 Å². The van der Waals surface area contributed by atoms with Gasteiger partial charge in [-0.1, -0.05) is 141 Å². The first-order valence-corrected chi connectivity index (χ1v) is 18.3. The predicted molar refractivity (Wildman–Crippen MR) is 213 cm³/mol. The third kappa shape index (κ3) is 4.53. The Hall–Kier alpha value is -6.59. The largest absolute Gasteiger partial charge is 0.485 e. The molecule has 5 heteroatoms. The van der Waals surface area contributed by atoms with Crippen molar-refractivity contribution in [3.63, 3.8) is 0 Å². The van der Waals surface area contributed by atoms with Gasteiger partial charge in [-0.15, -0.1) is 0 Å². The number of nitrogens with zero attached hydrogens (tertiary/aromatic N) is 4. The van der Waals surface area contributed by atoms with E-state index in [1.54, 1.807) is 0 Å². The molecule has 2 aromatic heterocycles. The van der Waals surface area contributed by atoms with Crippen molar-refractivity contribution < 1.29 is 4.74 Å². The number of aromatic nitrogens is 4. The van der Waals surface area contributed by atoms with Crippen molar-refractivity contribution in [2.45, 2.75) is 31.3 Å². The molecule has 2 aliphatic heterocycles. The van der Waals surface area contributed by atoms with E-state index in [0.29, 0.717) is 17.5 Å². The summed E-state index contributed by atoms with van der Waals surface area (Å²) in [6, 6.07) is 49.2. The fourth-order valence-corrected chi connectivity index (χ4v) is 8.71. The Labute approximate surface area is 307 Å². The zero-order valence-electron chi connectivity index (χ0n) is 29.4. The zero-order chi connectivity index (χ0) is 35.3.